The standard InChI is InChI=1S/C21H25N3O/c1-15-13-21(2,3)24(4)19-11-10-16(12-18(15)19)14-22-23-20(25)17-8-6-5-7-9-17/h5-12,14-15H,13H2,1-4H3,(H,23,25)/b22-14-/t15-/m1/s1. The minimum Gasteiger partial charge on any atom is -0.369 e. The van der Waals surface area contributed by atoms with Crippen LogP contribution in [0.1, 0.15) is 54.6 Å². The maximum atomic E-state index is 12.0. The van der Waals surface area contributed by atoms with Crippen molar-refractivity contribution in [1.29, 1.82) is 0 Å². The highest BCUT2D eigenvalue weighted by atomic mass is 16.2. The van der Waals surface area contributed by atoms with E-state index >= 15 is 0 Å². The van der Waals surface area contributed by atoms with Gasteiger partial charge in [0.2, 0.25) is 0 Å². The summed E-state index contributed by atoms with van der Waals surface area (Å²) in [6.45, 7) is 6.83. The summed E-state index contributed by atoms with van der Waals surface area (Å²) < 4.78 is 0. The minimum atomic E-state index is -0.204. The van der Waals surface area contributed by atoms with Gasteiger partial charge in [-0.05, 0) is 61.6 Å². The molecule has 4 heteroatoms. The molecule has 1 aliphatic heterocycles. The zero-order valence-electron chi connectivity index (χ0n) is 15.3. The maximum absolute atomic E-state index is 12.0. The Morgan fingerprint density at radius 2 is 1.96 bits per heavy atom. The van der Waals surface area contributed by atoms with E-state index in [1.165, 1.54) is 11.3 Å². The zero-order chi connectivity index (χ0) is 18.0. The van der Waals surface area contributed by atoms with Crippen LogP contribution in [0.2, 0.25) is 0 Å². The van der Waals surface area contributed by atoms with Crippen LogP contribution in [0.15, 0.2) is 53.6 Å². The van der Waals surface area contributed by atoms with Gasteiger partial charge in [0.1, 0.15) is 0 Å². The van der Waals surface area contributed by atoms with Gasteiger partial charge in [0.15, 0.2) is 0 Å². The molecule has 0 unspecified atom stereocenters. The first-order valence-corrected chi connectivity index (χ1v) is 8.65. The van der Waals surface area contributed by atoms with E-state index in [9.17, 15) is 4.79 Å². The van der Waals surface area contributed by atoms with Crippen molar-refractivity contribution in [3.8, 4) is 0 Å². The third kappa shape index (κ3) is 3.58. The lowest BCUT2D eigenvalue weighted by Gasteiger charge is -2.45. The first-order valence-electron chi connectivity index (χ1n) is 8.65. The molecule has 1 aliphatic rings. The predicted octanol–water partition coefficient (Wildman–Crippen LogP) is 4.17. The van der Waals surface area contributed by atoms with Crippen LogP contribution in [-0.4, -0.2) is 24.7 Å². The number of hydrogen-bond acceptors (Lipinski definition) is 3. The van der Waals surface area contributed by atoms with E-state index in [1.54, 1.807) is 18.3 Å². The average molecular weight is 335 g/mol. The summed E-state index contributed by atoms with van der Waals surface area (Å²) in [5.41, 5.74) is 6.94. The Bertz CT molecular complexity index is 796. The van der Waals surface area contributed by atoms with Crippen LogP contribution in [0, 0.1) is 0 Å². The first-order chi connectivity index (χ1) is 11.9. The van der Waals surface area contributed by atoms with Gasteiger partial charge in [-0.1, -0.05) is 31.2 Å². The number of benzene rings is 2. The van der Waals surface area contributed by atoms with Gasteiger partial charge in [-0.25, -0.2) is 5.43 Å². The van der Waals surface area contributed by atoms with E-state index in [0.717, 1.165) is 12.0 Å². The molecule has 0 radical (unpaired) electrons. The van der Waals surface area contributed by atoms with Gasteiger partial charge < -0.3 is 4.90 Å². The number of anilines is 1. The molecular weight excluding hydrogens is 310 g/mol. The van der Waals surface area contributed by atoms with Gasteiger partial charge in [-0.2, -0.15) is 5.10 Å². The second-order valence-electron chi connectivity index (χ2n) is 7.36. The lowest BCUT2D eigenvalue weighted by Crippen LogP contribution is -2.45. The van der Waals surface area contributed by atoms with E-state index in [-0.39, 0.29) is 11.4 Å². The number of rotatable bonds is 3. The number of hydrogen-bond donors (Lipinski definition) is 1. The van der Waals surface area contributed by atoms with Gasteiger partial charge in [-0.3, -0.25) is 4.79 Å². The Kier molecular flexibility index (Phi) is 4.62. The number of nitrogens with one attached hydrogen (secondary N) is 1. The molecule has 0 saturated heterocycles. The Balaban J connectivity index is 1.75. The summed E-state index contributed by atoms with van der Waals surface area (Å²) in [6, 6.07) is 15.4. The molecule has 0 spiro atoms. The summed E-state index contributed by atoms with van der Waals surface area (Å²) in [5.74, 6) is 0.290. The number of hydrazone groups is 1. The second kappa shape index (κ2) is 6.71. The van der Waals surface area contributed by atoms with Crippen molar-refractivity contribution in [1.82, 2.24) is 5.43 Å². The van der Waals surface area contributed by atoms with Gasteiger partial charge in [0.25, 0.3) is 5.91 Å². The molecule has 3 rings (SSSR count). The Morgan fingerprint density at radius 3 is 2.68 bits per heavy atom. The third-order valence-electron chi connectivity index (χ3n) is 5.07. The molecule has 0 fully saturated rings. The number of nitrogens with zero attached hydrogens (tertiary/aromatic N) is 2. The molecule has 4 nitrogen and oxygen atoms in total. The SMILES string of the molecule is C[C@@H]1CC(C)(C)N(C)c2ccc(/C=N\NC(=O)c3ccccc3)cc21. The number of amides is 1. The lowest BCUT2D eigenvalue weighted by atomic mass is 9.80. The van der Waals surface area contributed by atoms with Crippen LogP contribution in [-0.2, 0) is 0 Å². The second-order valence-corrected chi connectivity index (χ2v) is 7.36. The van der Waals surface area contributed by atoms with Crippen LogP contribution < -0.4 is 10.3 Å². The molecule has 25 heavy (non-hydrogen) atoms. The first kappa shape index (κ1) is 17.2. The van der Waals surface area contributed by atoms with E-state index in [4.69, 9.17) is 0 Å². The van der Waals surface area contributed by atoms with Crippen LogP contribution in [0.3, 0.4) is 0 Å². The Hall–Kier alpha value is -2.62. The summed E-state index contributed by atoms with van der Waals surface area (Å²) in [6.07, 6.45) is 2.81. The molecule has 2 aromatic carbocycles. The minimum absolute atomic E-state index is 0.158. The van der Waals surface area contributed by atoms with E-state index in [0.29, 0.717) is 11.5 Å². The molecule has 1 amide bonds. The van der Waals surface area contributed by atoms with Crippen molar-refractivity contribution >= 4 is 17.8 Å². The molecular formula is C21H25N3O. The lowest BCUT2D eigenvalue weighted by molar-refractivity contribution is 0.0955. The number of carbonyl (C=O) groups is 1. The van der Waals surface area contributed by atoms with Crippen molar-refractivity contribution in [2.45, 2.75) is 38.6 Å². The van der Waals surface area contributed by atoms with Crippen molar-refractivity contribution in [3.05, 3.63) is 65.2 Å². The average Bonchev–Trinajstić information content (AvgIpc) is 2.60. The molecule has 1 atom stereocenters. The monoisotopic (exact) mass is 335 g/mol. The van der Waals surface area contributed by atoms with Gasteiger partial charge >= 0.3 is 0 Å². The summed E-state index contributed by atoms with van der Waals surface area (Å²) in [7, 11) is 2.15. The Labute approximate surface area is 149 Å². The highest BCUT2D eigenvalue weighted by molar-refractivity contribution is 5.94. The molecule has 0 aliphatic carbocycles. The summed E-state index contributed by atoms with van der Waals surface area (Å²) in [5, 5.41) is 4.10. The van der Waals surface area contributed by atoms with Crippen LogP contribution in [0.4, 0.5) is 5.69 Å². The van der Waals surface area contributed by atoms with Crippen molar-refractivity contribution in [2.24, 2.45) is 5.10 Å². The largest absolute Gasteiger partial charge is 0.369 e. The maximum Gasteiger partial charge on any atom is 0.271 e. The van der Waals surface area contributed by atoms with Crippen LogP contribution in [0.5, 0.6) is 0 Å². The molecule has 0 saturated carbocycles. The van der Waals surface area contributed by atoms with Crippen molar-refractivity contribution < 1.29 is 4.79 Å². The normalized spacial score (nSPS) is 18.9. The highest BCUT2D eigenvalue weighted by Gasteiger charge is 2.33. The quantitative estimate of drug-likeness (QED) is 0.676. The molecule has 130 valence electrons. The fourth-order valence-electron chi connectivity index (χ4n) is 3.50. The smallest absolute Gasteiger partial charge is 0.271 e. The molecule has 2 aromatic rings. The van der Waals surface area contributed by atoms with Crippen molar-refractivity contribution in [2.75, 3.05) is 11.9 Å². The molecule has 1 N–H and O–H groups in total. The van der Waals surface area contributed by atoms with E-state index < -0.39 is 0 Å². The van der Waals surface area contributed by atoms with E-state index in [2.05, 4.69) is 55.4 Å². The van der Waals surface area contributed by atoms with Gasteiger partial charge in [-0.15, -0.1) is 0 Å². The fraction of sp³-hybridized carbons (Fsp3) is 0.333. The van der Waals surface area contributed by atoms with Crippen molar-refractivity contribution in [3.63, 3.8) is 0 Å². The molecule has 1 heterocycles. The highest BCUT2D eigenvalue weighted by Crippen LogP contribution is 2.42. The van der Waals surface area contributed by atoms with Gasteiger partial charge in [0, 0.05) is 23.8 Å². The molecule has 0 aromatic heterocycles. The summed E-state index contributed by atoms with van der Waals surface area (Å²) >= 11 is 0. The third-order valence-corrected chi connectivity index (χ3v) is 5.07. The summed E-state index contributed by atoms with van der Waals surface area (Å²) in [4.78, 5) is 14.4. The Morgan fingerprint density at radius 1 is 1.24 bits per heavy atom. The van der Waals surface area contributed by atoms with Crippen LogP contribution >= 0.6 is 0 Å². The topological polar surface area (TPSA) is 44.7 Å². The zero-order valence-corrected chi connectivity index (χ0v) is 15.3. The number of carbonyl (C=O) groups excluding carboxylic acids is 1. The van der Waals surface area contributed by atoms with E-state index in [1.807, 2.05) is 24.3 Å². The van der Waals surface area contributed by atoms with Gasteiger partial charge in [0.05, 0.1) is 6.21 Å². The fourth-order valence-corrected chi connectivity index (χ4v) is 3.50. The number of fused-ring (bicyclic) bond motifs is 1. The van der Waals surface area contributed by atoms with Crippen LogP contribution in [0.25, 0.3) is 0 Å². The molecule has 0 bridgehead atoms. The predicted molar refractivity (Wildman–Crippen MR) is 103 cm³/mol.